The summed E-state index contributed by atoms with van der Waals surface area (Å²) in [5.74, 6) is 2.46. The van der Waals surface area contributed by atoms with E-state index in [9.17, 15) is 0 Å². The van der Waals surface area contributed by atoms with Gasteiger partial charge in [0, 0.05) is 23.7 Å². The molecule has 0 saturated carbocycles. The first kappa shape index (κ1) is 19.9. The van der Waals surface area contributed by atoms with Crippen LogP contribution in [0.4, 0.5) is 5.69 Å². The van der Waals surface area contributed by atoms with Crippen molar-refractivity contribution in [3.8, 4) is 11.5 Å². The molecule has 0 N–H and O–H groups in total. The summed E-state index contributed by atoms with van der Waals surface area (Å²) in [5, 5.41) is 0. The van der Waals surface area contributed by atoms with Crippen molar-refractivity contribution in [2.24, 2.45) is 0 Å². The summed E-state index contributed by atoms with van der Waals surface area (Å²) in [7, 11) is 0. The molecule has 33 heavy (non-hydrogen) atoms. The number of hydrogen-bond acceptors (Lipinski definition) is 3. The number of rotatable bonds is 4. The van der Waals surface area contributed by atoms with Crippen LogP contribution in [-0.2, 0) is 19.4 Å². The molecule has 0 unspecified atom stereocenters. The highest BCUT2D eigenvalue weighted by Crippen LogP contribution is 2.32. The predicted molar refractivity (Wildman–Crippen MR) is 132 cm³/mol. The van der Waals surface area contributed by atoms with Crippen LogP contribution in [0.1, 0.15) is 33.7 Å². The Bertz CT molecular complexity index is 1150. The first-order valence-corrected chi connectivity index (χ1v) is 11.7. The fourth-order valence-electron chi connectivity index (χ4n) is 4.85. The molecule has 4 aromatic rings. The molecule has 2 aliphatic rings. The largest absolute Gasteiger partial charge is 0.493 e. The average Bonchev–Trinajstić information content (AvgIpc) is 2.89. The average molecular weight is 434 g/mol. The van der Waals surface area contributed by atoms with Gasteiger partial charge >= 0.3 is 0 Å². The van der Waals surface area contributed by atoms with Gasteiger partial charge in [-0.2, -0.15) is 0 Å². The monoisotopic (exact) mass is 433 g/mol. The zero-order valence-electron chi connectivity index (χ0n) is 18.6. The van der Waals surface area contributed by atoms with E-state index in [0.717, 1.165) is 37.5 Å². The van der Waals surface area contributed by atoms with Gasteiger partial charge in [0.1, 0.15) is 11.5 Å². The molecule has 0 spiro atoms. The summed E-state index contributed by atoms with van der Waals surface area (Å²) < 4.78 is 11.9. The lowest BCUT2D eigenvalue weighted by Crippen LogP contribution is -2.31. The molecule has 3 nitrogen and oxygen atoms in total. The van der Waals surface area contributed by atoms with Crippen LogP contribution in [0.15, 0.2) is 97.1 Å². The molecule has 0 bridgehead atoms. The fourth-order valence-corrected chi connectivity index (χ4v) is 4.85. The molecule has 0 fully saturated rings. The second kappa shape index (κ2) is 8.67. The fraction of sp³-hybridized carbons (Fsp3) is 0.200. The van der Waals surface area contributed by atoms with Crippen molar-refractivity contribution in [3.05, 3.63) is 125 Å². The highest BCUT2D eigenvalue weighted by Gasteiger charge is 2.21. The quantitative estimate of drug-likeness (QED) is 0.374. The van der Waals surface area contributed by atoms with Gasteiger partial charge in [0.25, 0.3) is 0 Å². The number of para-hydroxylation sites is 2. The van der Waals surface area contributed by atoms with Gasteiger partial charge in [-0.3, -0.25) is 0 Å². The van der Waals surface area contributed by atoms with Crippen molar-refractivity contribution in [1.29, 1.82) is 0 Å². The molecule has 0 aliphatic carbocycles. The van der Waals surface area contributed by atoms with Gasteiger partial charge in [-0.25, -0.2) is 0 Å². The van der Waals surface area contributed by atoms with Gasteiger partial charge in [0.2, 0.25) is 0 Å². The maximum Gasteiger partial charge on any atom is 0.161 e. The highest BCUT2D eigenvalue weighted by atomic mass is 16.5. The summed E-state index contributed by atoms with van der Waals surface area (Å²) in [4.78, 5) is 2.27. The van der Waals surface area contributed by atoms with E-state index in [2.05, 4.69) is 83.8 Å². The topological polar surface area (TPSA) is 21.7 Å². The third kappa shape index (κ3) is 4.19. The Labute approximate surface area is 195 Å². The van der Waals surface area contributed by atoms with Crippen LogP contribution in [0.2, 0.25) is 0 Å². The van der Waals surface area contributed by atoms with E-state index >= 15 is 0 Å². The van der Waals surface area contributed by atoms with E-state index in [1.165, 1.54) is 33.5 Å². The van der Waals surface area contributed by atoms with E-state index < -0.39 is 0 Å². The highest BCUT2D eigenvalue weighted by molar-refractivity contribution is 5.51. The third-order valence-electron chi connectivity index (χ3n) is 6.75. The Morgan fingerprint density at radius 1 is 0.667 bits per heavy atom. The minimum absolute atomic E-state index is 0.421. The van der Waals surface area contributed by atoms with Crippen molar-refractivity contribution in [3.63, 3.8) is 0 Å². The zero-order chi connectivity index (χ0) is 22.0. The molecule has 0 radical (unpaired) electrons. The van der Waals surface area contributed by atoms with Gasteiger partial charge in [-0.15, -0.1) is 0 Å². The Morgan fingerprint density at radius 3 is 2.06 bits per heavy atom. The second-order valence-corrected chi connectivity index (χ2v) is 8.98. The molecular weight excluding hydrogens is 406 g/mol. The van der Waals surface area contributed by atoms with Crippen molar-refractivity contribution in [2.75, 3.05) is 18.2 Å². The number of nitrogens with zero attached hydrogens (tertiary/aromatic N) is 1. The summed E-state index contributed by atoms with van der Waals surface area (Å²) in [6, 6.07) is 34.6. The molecule has 164 valence electrons. The molecule has 4 aromatic carbocycles. The summed E-state index contributed by atoms with van der Waals surface area (Å²) >= 11 is 0. The van der Waals surface area contributed by atoms with Gasteiger partial charge in [-0.1, -0.05) is 72.8 Å². The summed E-state index contributed by atoms with van der Waals surface area (Å²) in [6.45, 7) is 2.22. The standard InChI is InChI=1S/C30H27NO2/c1-3-7-29-25(5-1)18-27(20-32-29)24-13-9-22(10-14-24)17-23-11-15-28(16-12-23)31-19-26-6-2-4-8-30(26)33-21-31/h1-16,27H,17-21H2/t27-/m0/s1. The van der Waals surface area contributed by atoms with Gasteiger partial charge in [0.05, 0.1) is 6.61 Å². The number of benzene rings is 4. The van der Waals surface area contributed by atoms with Gasteiger partial charge in [-0.05, 0) is 59.4 Å². The first-order valence-electron chi connectivity index (χ1n) is 11.7. The van der Waals surface area contributed by atoms with Crippen LogP contribution >= 0.6 is 0 Å². The van der Waals surface area contributed by atoms with Crippen LogP contribution in [0.5, 0.6) is 11.5 Å². The molecule has 1 atom stereocenters. The number of ether oxygens (including phenoxy) is 2. The van der Waals surface area contributed by atoms with E-state index in [1.807, 2.05) is 18.2 Å². The lowest BCUT2D eigenvalue weighted by molar-refractivity contribution is 0.262. The van der Waals surface area contributed by atoms with Crippen LogP contribution in [0.3, 0.4) is 0 Å². The maximum absolute atomic E-state index is 5.98. The van der Waals surface area contributed by atoms with Crippen molar-refractivity contribution in [1.82, 2.24) is 0 Å². The Morgan fingerprint density at radius 2 is 1.30 bits per heavy atom. The Hall–Kier alpha value is -3.72. The van der Waals surface area contributed by atoms with E-state index in [1.54, 1.807) is 0 Å². The molecular formula is C30H27NO2. The lowest BCUT2D eigenvalue weighted by Gasteiger charge is -2.30. The first-order chi connectivity index (χ1) is 16.3. The molecule has 6 rings (SSSR count). The summed E-state index contributed by atoms with van der Waals surface area (Å²) in [5.41, 5.74) is 7.74. The molecule has 2 heterocycles. The van der Waals surface area contributed by atoms with E-state index in [0.29, 0.717) is 12.6 Å². The van der Waals surface area contributed by atoms with E-state index in [-0.39, 0.29) is 0 Å². The zero-order valence-corrected chi connectivity index (χ0v) is 18.6. The number of fused-ring (bicyclic) bond motifs is 2. The molecule has 0 saturated heterocycles. The Kier molecular flexibility index (Phi) is 5.23. The normalized spacial score (nSPS) is 16.8. The van der Waals surface area contributed by atoms with Crippen LogP contribution < -0.4 is 14.4 Å². The minimum atomic E-state index is 0.421. The summed E-state index contributed by atoms with van der Waals surface area (Å²) in [6.07, 6.45) is 1.98. The second-order valence-electron chi connectivity index (χ2n) is 8.98. The van der Waals surface area contributed by atoms with Crippen molar-refractivity contribution < 1.29 is 9.47 Å². The van der Waals surface area contributed by atoms with Gasteiger partial charge in [0.15, 0.2) is 6.73 Å². The van der Waals surface area contributed by atoms with E-state index in [4.69, 9.17) is 9.47 Å². The SMILES string of the molecule is c1ccc2c(c1)C[C@H](c1ccc(Cc3ccc(N4COc5ccccc5C4)cc3)cc1)CO2. The van der Waals surface area contributed by atoms with Crippen molar-refractivity contribution >= 4 is 5.69 Å². The van der Waals surface area contributed by atoms with Crippen LogP contribution in [-0.4, -0.2) is 13.3 Å². The minimum Gasteiger partial charge on any atom is -0.493 e. The number of anilines is 1. The van der Waals surface area contributed by atoms with Crippen LogP contribution in [0.25, 0.3) is 0 Å². The predicted octanol–water partition coefficient (Wildman–Crippen LogP) is 6.35. The Balaban J connectivity index is 1.10. The smallest absolute Gasteiger partial charge is 0.161 e. The number of hydrogen-bond donors (Lipinski definition) is 0. The molecule has 0 amide bonds. The van der Waals surface area contributed by atoms with Crippen molar-refractivity contribution in [2.45, 2.75) is 25.3 Å². The molecule has 3 heteroatoms. The molecule has 0 aromatic heterocycles. The molecule has 2 aliphatic heterocycles. The third-order valence-corrected chi connectivity index (χ3v) is 6.75. The van der Waals surface area contributed by atoms with Gasteiger partial charge < -0.3 is 14.4 Å². The maximum atomic E-state index is 5.98. The lowest BCUT2D eigenvalue weighted by atomic mass is 9.89. The van der Waals surface area contributed by atoms with Crippen LogP contribution in [0, 0.1) is 0 Å².